The van der Waals surface area contributed by atoms with Gasteiger partial charge < -0.3 is 16.0 Å². The van der Waals surface area contributed by atoms with E-state index in [4.69, 9.17) is 0 Å². The topological polar surface area (TPSA) is 70.2 Å². The number of hydrogen-bond donors (Lipinski definition) is 3. The number of rotatable bonds is 4. The molecule has 0 spiro atoms. The Hall–Kier alpha value is -1.88. The Morgan fingerprint density at radius 1 is 1.47 bits per heavy atom. The van der Waals surface area contributed by atoms with Gasteiger partial charge in [0.2, 0.25) is 11.8 Å². The highest BCUT2D eigenvalue weighted by molar-refractivity contribution is 5.88. The van der Waals surface area contributed by atoms with Crippen molar-refractivity contribution in [3.05, 3.63) is 29.8 Å². The number of anilines is 1. The molecule has 0 aliphatic carbocycles. The lowest BCUT2D eigenvalue weighted by Crippen LogP contribution is -2.33. The van der Waals surface area contributed by atoms with Gasteiger partial charge in [0.25, 0.3) is 0 Å². The van der Waals surface area contributed by atoms with Gasteiger partial charge in [0.1, 0.15) is 0 Å². The van der Waals surface area contributed by atoms with E-state index in [2.05, 4.69) is 22.9 Å². The van der Waals surface area contributed by atoms with Crippen LogP contribution < -0.4 is 16.0 Å². The zero-order valence-electron chi connectivity index (χ0n) is 11.2. The first-order chi connectivity index (χ1) is 9.04. The lowest BCUT2D eigenvalue weighted by atomic mass is 10.1. The van der Waals surface area contributed by atoms with Gasteiger partial charge in [-0.15, -0.1) is 0 Å². The fourth-order valence-corrected chi connectivity index (χ4v) is 2.26. The molecule has 0 saturated carbocycles. The van der Waals surface area contributed by atoms with Gasteiger partial charge in [0, 0.05) is 37.7 Å². The quantitative estimate of drug-likeness (QED) is 0.762. The Morgan fingerprint density at radius 3 is 2.89 bits per heavy atom. The molecule has 1 aliphatic heterocycles. The Balaban J connectivity index is 2.00. The molecule has 5 heteroatoms. The molecule has 1 aliphatic rings. The van der Waals surface area contributed by atoms with E-state index in [1.165, 1.54) is 6.92 Å². The number of carbonyl (C=O) groups is 2. The molecule has 3 N–H and O–H groups in total. The SMILES string of the molecule is CC(=O)Nc1cccc(C(C)NC2CNC(=O)C2)c1. The molecule has 1 aromatic carbocycles. The van der Waals surface area contributed by atoms with Crippen molar-refractivity contribution in [1.29, 1.82) is 0 Å². The number of carbonyl (C=O) groups excluding carboxylic acids is 2. The first-order valence-corrected chi connectivity index (χ1v) is 6.45. The lowest BCUT2D eigenvalue weighted by molar-refractivity contribution is -0.119. The summed E-state index contributed by atoms with van der Waals surface area (Å²) in [5.74, 6) is 0.0139. The van der Waals surface area contributed by atoms with Crippen molar-refractivity contribution in [2.24, 2.45) is 0 Å². The predicted molar refractivity (Wildman–Crippen MR) is 73.7 cm³/mol. The van der Waals surface area contributed by atoms with Gasteiger partial charge >= 0.3 is 0 Å². The van der Waals surface area contributed by atoms with Crippen LogP contribution in [0.1, 0.15) is 31.9 Å². The van der Waals surface area contributed by atoms with E-state index in [1.54, 1.807) is 0 Å². The molecule has 0 aromatic heterocycles. The second-order valence-electron chi connectivity index (χ2n) is 4.90. The summed E-state index contributed by atoms with van der Waals surface area (Å²) < 4.78 is 0. The molecule has 1 fully saturated rings. The van der Waals surface area contributed by atoms with Crippen LogP contribution in [0.25, 0.3) is 0 Å². The second-order valence-corrected chi connectivity index (χ2v) is 4.90. The van der Waals surface area contributed by atoms with E-state index in [1.807, 2.05) is 24.3 Å². The van der Waals surface area contributed by atoms with Crippen molar-refractivity contribution in [2.45, 2.75) is 32.4 Å². The molecular weight excluding hydrogens is 242 g/mol. The normalized spacial score (nSPS) is 19.9. The van der Waals surface area contributed by atoms with E-state index in [9.17, 15) is 9.59 Å². The summed E-state index contributed by atoms with van der Waals surface area (Å²) >= 11 is 0. The molecule has 19 heavy (non-hydrogen) atoms. The molecule has 2 atom stereocenters. The highest BCUT2D eigenvalue weighted by atomic mass is 16.2. The highest BCUT2D eigenvalue weighted by Crippen LogP contribution is 2.18. The molecule has 102 valence electrons. The third kappa shape index (κ3) is 3.79. The van der Waals surface area contributed by atoms with Gasteiger partial charge in [0.15, 0.2) is 0 Å². The molecule has 5 nitrogen and oxygen atoms in total. The van der Waals surface area contributed by atoms with Crippen LogP contribution in [0.15, 0.2) is 24.3 Å². The van der Waals surface area contributed by atoms with Gasteiger partial charge in [0.05, 0.1) is 0 Å². The van der Waals surface area contributed by atoms with Crippen LogP contribution in [0.3, 0.4) is 0 Å². The standard InChI is InChI=1S/C14H19N3O2/c1-9(16-13-7-14(19)15-8-13)11-4-3-5-12(6-11)17-10(2)18/h3-6,9,13,16H,7-8H2,1-2H3,(H,15,19)(H,17,18). The van der Waals surface area contributed by atoms with Crippen LogP contribution in [0.5, 0.6) is 0 Å². The van der Waals surface area contributed by atoms with E-state index >= 15 is 0 Å². The maximum Gasteiger partial charge on any atom is 0.221 e. The molecule has 1 heterocycles. The number of benzene rings is 1. The Kier molecular flexibility index (Phi) is 4.16. The van der Waals surface area contributed by atoms with Gasteiger partial charge in [-0.3, -0.25) is 9.59 Å². The summed E-state index contributed by atoms with van der Waals surface area (Å²) in [5, 5.41) is 8.98. The third-order valence-corrected chi connectivity index (χ3v) is 3.17. The molecule has 2 rings (SSSR count). The first-order valence-electron chi connectivity index (χ1n) is 6.45. The van der Waals surface area contributed by atoms with Gasteiger partial charge in [-0.25, -0.2) is 0 Å². The third-order valence-electron chi connectivity index (χ3n) is 3.17. The Labute approximate surface area is 112 Å². The summed E-state index contributed by atoms with van der Waals surface area (Å²) in [4.78, 5) is 22.2. The highest BCUT2D eigenvalue weighted by Gasteiger charge is 2.22. The number of amides is 2. The zero-order chi connectivity index (χ0) is 13.8. The van der Waals surface area contributed by atoms with Gasteiger partial charge in [-0.05, 0) is 24.6 Å². The van der Waals surface area contributed by atoms with Crippen LogP contribution in [0, 0.1) is 0 Å². The summed E-state index contributed by atoms with van der Waals surface area (Å²) in [6.07, 6.45) is 0.524. The molecule has 0 bridgehead atoms. The maximum atomic E-state index is 11.1. The molecule has 1 saturated heterocycles. The Morgan fingerprint density at radius 2 is 2.26 bits per heavy atom. The fourth-order valence-electron chi connectivity index (χ4n) is 2.26. The molecule has 2 unspecified atom stereocenters. The van der Waals surface area contributed by atoms with Crippen molar-refractivity contribution in [1.82, 2.24) is 10.6 Å². The van der Waals surface area contributed by atoms with E-state index in [0.29, 0.717) is 13.0 Å². The van der Waals surface area contributed by atoms with Crippen LogP contribution in [-0.4, -0.2) is 24.4 Å². The summed E-state index contributed by atoms with van der Waals surface area (Å²) in [6, 6.07) is 8.03. The van der Waals surface area contributed by atoms with Crippen LogP contribution >= 0.6 is 0 Å². The van der Waals surface area contributed by atoms with E-state index in [-0.39, 0.29) is 23.9 Å². The summed E-state index contributed by atoms with van der Waals surface area (Å²) in [7, 11) is 0. The minimum atomic E-state index is -0.0802. The van der Waals surface area contributed by atoms with E-state index < -0.39 is 0 Å². The average Bonchev–Trinajstić information content (AvgIpc) is 2.74. The summed E-state index contributed by atoms with van der Waals surface area (Å²) in [5.41, 5.74) is 1.88. The second kappa shape index (κ2) is 5.84. The summed E-state index contributed by atoms with van der Waals surface area (Å²) in [6.45, 7) is 4.22. The number of nitrogens with one attached hydrogen (secondary N) is 3. The van der Waals surface area contributed by atoms with Crippen LogP contribution in [0.2, 0.25) is 0 Å². The van der Waals surface area contributed by atoms with Crippen LogP contribution in [0.4, 0.5) is 5.69 Å². The van der Waals surface area contributed by atoms with E-state index in [0.717, 1.165) is 11.3 Å². The smallest absolute Gasteiger partial charge is 0.221 e. The minimum Gasteiger partial charge on any atom is -0.354 e. The average molecular weight is 261 g/mol. The van der Waals surface area contributed by atoms with Crippen LogP contribution in [-0.2, 0) is 9.59 Å². The van der Waals surface area contributed by atoms with Crippen molar-refractivity contribution >= 4 is 17.5 Å². The lowest BCUT2D eigenvalue weighted by Gasteiger charge is -2.19. The van der Waals surface area contributed by atoms with Gasteiger partial charge in [-0.2, -0.15) is 0 Å². The van der Waals surface area contributed by atoms with Crippen molar-refractivity contribution in [3.63, 3.8) is 0 Å². The Bertz CT molecular complexity index is 487. The van der Waals surface area contributed by atoms with Gasteiger partial charge in [-0.1, -0.05) is 12.1 Å². The first kappa shape index (κ1) is 13.5. The van der Waals surface area contributed by atoms with Crippen molar-refractivity contribution in [2.75, 3.05) is 11.9 Å². The monoisotopic (exact) mass is 261 g/mol. The number of hydrogen-bond acceptors (Lipinski definition) is 3. The predicted octanol–water partition coefficient (Wildman–Crippen LogP) is 1.18. The maximum absolute atomic E-state index is 11.1. The minimum absolute atomic E-state index is 0.0802. The fraction of sp³-hybridized carbons (Fsp3) is 0.429. The zero-order valence-corrected chi connectivity index (χ0v) is 11.2. The largest absolute Gasteiger partial charge is 0.354 e. The van der Waals surface area contributed by atoms with Crippen molar-refractivity contribution < 1.29 is 9.59 Å². The molecule has 2 amide bonds. The van der Waals surface area contributed by atoms with Crippen molar-refractivity contribution in [3.8, 4) is 0 Å². The molecular formula is C14H19N3O2. The molecule has 1 aromatic rings. The molecule has 0 radical (unpaired) electrons.